The summed E-state index contributed by atoms with van der Waals surface area (Å²) in [5.41, 5.74) is 5.90. The lowest BCUT2D eigenvalue weighted by Gasteiger charge is -2.19. The summed E-state index contributed by atoms with van der Waals surface area (Å²) in [5, 5.41) is 13.4. The fourth-order valence-electron chi connectivity index (χ4n) is 4.27. The highest BCUT2D eigenvalue weighted by atomic mass is 16.5. The van der Waals surface area contributed by atoms with Crippen molar-refractivity contribution in [2.75, 3.05) is 19.7 Å². The molecule has 0 amide bonds. The number of carboxylic acid groups (broad SMARTS) is 1. The Morgan fingerprint density at radius 1 is 1.00 bits per heavy atom. The summed E-state index contributed by atoms with van der Waals surface area (Å²) in [6.07, 6.45) is 0.882. The normalized spacial score (nSPS) is 11.1. The number of hydrogen-bond acceptors (Lipinski definition) is 6. The lowest BCUT2D eigenvalue weighted by Crippen LogP contribution is -2.30. The van der Waals surface area contributed by atoms with Gasteiger partial charge in [0, 0.05) is 23.2 Å². The van der Waals surface area contributed by atoms with Crippen LogP contribution in [0.4, 0.5) is 0 Å². The molecule has 0 aliphatic heterocycles. The molecule has 1 heterocycles. The Bertz CT molecular complexity index is 1330. The van der Waals surface area contributed by atoms with E-state index in [-0.39, 0.29) is 6.54 Å². The van der Waals surface area contributed by atoms with Crippen molar-refractivity contribution in [1.29, 1.82) is 0 Å². The van der Waals surface area contributed by atoms with Crippen LogP contribution in [0.15, 0.2) is 71.3 Å². The Morgan fingerprint density at radius 3 is 2.58 bits per heavy atom. The molecule has 0 bridgehead atoms. The predicted molar refractivity (Wildman–Crippen MR) is 140 cm³/mol. The zero-order valence-corrected chi connectivity index (χ0v) is 20.9. The van der Waals surface area contributed by atoms with Gasteiger partial charge >= 0.3 is 5.97 Å². The zero-order valence-electron chi connectivity index (χ0n) is 20.9. The lowest BCUT2D eigenvalue weighted by molar-refractivity contribution is -0.138. The number of nitrogens with zero attached hydrogens (tertiary/aromatic N) is 3. The van der Waals surface area contributed by atoms with Gasteiger partial charge < -0.3 is 14.4 Å². The van der Waals surface area contributed by atoms with Gasteiger partial charge in [0.1, 0.15) is 5.75 Å². The molecule has 4 aromatic rings. The number of hydrogen-bond donors (Lipinski definition) is 1. The second kappa shape index (κ2) is 11.6. The van der Waals surface area contributed by atoms with Gasteiger partial charge in [0.2, 0.25) is 5.82 Å². The van der Waals surface area contributed by atoms with Gasteiger partial charge in [-0.05, 0) is 67.8 Å². The number of benzene rings is 3. The van der Waals surface area contributed by atoms with E-state index >= 15 is 0 Å². The lowest BCUT2D eigenvalue weighted by atomic mass is 9.98. The van der Waals surface area contributed by atoms with E-state index in [1.54, 1.807) is 0 Å². The molecule has 0 atom stereocenters. The van der Waals surface area contributed by atoms with Crippen molar-refractivity contribution in [2.45, 2.75) is 33.7 Å². The van der Waals surface area contributed by atoms with E-state index in [1.165, 1.54) is 5.56 Å². The minimum absolute atomic E-state index is 0.00505. The fourth-order valence-corrected chi connectivity index (χ4v) is 4.27. The van der Waals surface area contributed by atoms with E-state index < -0.39 is 5.97 Å². The number of aliphatic carboxylic acids is 1. The number of ether oxygens (including phenoxy) is 1. The standard InChI is InChI=1S/C29H31N3O4/c1-4-15-32(19-27(33)34)18-21-10-8-11-22(16-21)28-30-29(36-31-28)23-13-14-25(26(17-23)35-5-2)24-12-7-6-9-20(24)3/h6-14,16-17H,4-5,15,18-19H2,1-3H3,(H,33,34). The molecule has 3 aromatic carbocycles. The van der Waals surface area contributed by atoms with Gasteiger partial charge in [0.15, 0.2) is 0 Å². The second-order valence-corrected chi connectivity index (χ2v) is 8.69. The SMILES string of the molecule is CCCN(CC(=O)O)Cc1cccc(-c2noc(-c3ccc(-c4ccccc4C)c(OCC)c3)n2)c1. The zero-order chi connectivity index (χ0) is 25.5. The third-order valence-electron chi connectivity index (χ3n) is 5.88. The second-order valence-electron chi connectivity index (χ2n) is 8.69. The van der Waals surface area contributed by atoms with Crippen LogP contribution in [0.25, 0.3) is 34.0 Å². The van der Waals surface area contributed by atoms with E-state index in [9.17, 15) is 9.90 Å². The van der Waals surface area contributed by atoms with Crippen LogP contribution >= 0.6 is 0 Å². The van der Waals surface area contributed by atoms with Crippen LogP contribution in [0.2, 0.25) is 0 Å². The minimum Gasteiger partial charge on any atom is -0.493 e. The molecule has 0 spiro atoms. The smallest absolute Gasteiger partial charge is 0.317 e. The molecule has 0 saturated heterocycles. The van der Waals surface area contributed by atoms with Gasteiger partial charge in [-0.2, -0.15) is 4.98 Å². The van der Waals surface area contributed by atoms with Gasteiger partial charge in [-0.3, -0.25) is 9.69 Å². The summed E-state index contributed by atoms with van der Waals surface area (Å²) in [6.45, 7) is 7.88. The predicted octanol–water partition coefficient (Wildman–Crippen LogP) is 6.07. The third kappa shape index (κ3) is 5.98. The summed E-state index contributed by atoms with van der Waals surface area (Å²) in [5.74, 6) is 0.821. The van der Waals surface area contributed by atoms with E-state index in [0.29, 0.717) is 31.4 Å². The van der Waals surface area contributed by atoms with E-state index in [1.807, 2.05) is 73.3 Å². The van der Waals surface area contributed by atoms with Crippen LogP contribution in [-0.2, 0) is 11.3 Å². The molecule has 0 radical (unpaired) electrons. The van der Waals surface area contributed by atoms with E-state index in [2.05, 4.69) is 29.2 Å². The van der Waals surface area contributed by atoms with Gasteiger partial charge in [0.25, 0.3) is 5.89 Å². The summed E-state index contributed by atoms with van der Waals surface area (Å²) < 4.78 is 11.6. The van der Waals surface area contributed by atoms with Crippen molar-refractivity contribution < 1.29 is 19.2 Å². The highest BCUT2D eigenvalue weighted by molar-refractivity contribution is 5.76. The molecule has 1 aromatic heterocycles. The largest absolute Gasteiger partial charge is 0.493 e. The first-order valence-electron chi connectivity index (χ1n) is 12.2. The number of carbonyl (C=O) groups is 1. The van der Waals surface area contributed by atoms with Crippen LogP contribution in [0.5, 0.6) is 5.75 Å². The Labute approximate surface area is 211 Å². The first-order chi connectivity index (χ1) is 17.5. The fraction of sp³-hybridized carbons (Fsp3) is 0.276. The van der Waals surface area contributed by atoms with Crippen molar-refractivity contribution in [3.63, 3.8) is 0 Å². The molecule has 36 heavy (non-hydrogen) atoms. The van der Waals surface area contributed by atoms with Gasteiger partial charge in [-0.1, -0.05) is 54.5 Å². The van der Waals surface area contributed by atoms with Crippen LogP contribution in [0.3, 0.4) is 0 Å². The first-order valence-corrected chi connectivity index (χ1v) is 12.2. The van der Waals surface area contributed by atoms with Crippen molar-refractivity contribution in [2.24, 2.45) is 0 Å². The molecule has 7 heteroatoms. The molecule has 1 N–H and O–H groups in total. The van der Waals surface area contributed by atoms with Crippen molar-refractivity contribution >= 4 is 5.97 Å². The minimum atomic E-state index is -0.831. The molecule has 0 unspecified atom stereocenters. The number of rotatable bonds is 11. The molecule has 7 nitrogen and oxygen atoms in total. The maximum Gasteiger partial charge on any atom is 0.317 e. The summed E-state index contributed by atoms with van der Waals surface area (Å²) >= 11 is 0. The van der Waals surface area contributed by atoms with Crippen molar-refractivity contribution in [3.8, 4) is 39.7 Å². The van der Waals surface area contributed by atoms with Crippen molar-refractivity contribution in [3.05, 3.63) is 77.9 Å². The maximum atomic E-state index is 11.2. The average molecular weight is 486 g/mol. The Morgan fingerprint density at radius 2 is 1.83 bits per heavy atom. The van der Waals surface area contributed by atoms with Crippen LogP contribution < -0.4 is 4.74 Å². The molecular formula is C29H31N3O4. The number of aromatic nitrogens is 2. The molecule has 0 fully saturated rings. The molecule has 0 saturated carbocycles. The molecule has 4 rings (SSSR count). The molecular weight excluding hydrogens is 454 g/mol. The van der Waals surface area contributed by atoms with Gasteiger partial charge in [-0.25, -0.2) is 0 Å². The van der Waals surface area contributed by atoms with Crippen LogP contribution in [0.1, 0.15) is 31.4 Å². The highest BCUT2D eigenvalue weighted by Gasteiger charge is 2.16. The van der Waals surface area contributed by atoms with Crippen molar-refractivity contribution in [1.82, 2.24) is 15.0 Å². The Balaban J connectivity index is 1.60. The highest BCUT2D eigenvalue weighted by Crippen LogP contribution is 2.36. The van der Waals surface area contributed by atoms with E-state index in [4.69, 9.17) is 9.26 Å². The first kappa shape index (κ1) is 25.1. The summed E-state index contributed by atoms with van der Waals surface area (Å²) in [7, 11) is 0. The van der Waals surface area contributed by atoms with Gasteiger partial charge in [-0.15, -0.1) is 0 Å². The summed E-state index contributed by atoms with van der Waals surface area (Å²) in [6, 6.07) is 22.0. The Kier molecular flexibility index (Phi) is 8.13. The number of carboxylic acids is 1. The average Bonchev–Trinajstić information content (AvgIpc) is 3.35. The Hall–Kier alpha value is -3.97. The monoisotopic (exact) mass is 485 g/mol. The number of aryl methyl sites for hydroxylation is 1. The van der Waals surface area contributed by atoms with Crippen LogP contribution in [-0.4, -0.2) is 45.8 Å². The van der Waals surface area contributed by atoms with E-state index in [0.717, 1.165) is 40.0 Å². The quantitative estimate of drug-likeness (QED) is 0.276. The third-order valence-corrected chi connectivity index (χ3v) is 5.88. The summed E-state index contributed by atoms with van der Waals surface area (Å²) in [4.78, 5) is 17.7. The molecule has 186 valence electrons. The van der Waals surface area contributed by atoms with Gasteiger partial charge in [0.05, 0.1) is 13.2 Å². The molecule has 0 aliphatic carbocycles. The maximum absolute atomic E-state index is 11.2. The topological polar surface area (TPSA) is 88.7 Å². The molecule has 0 aliphatic rings. The van der Waals surface area contributed by atoms with Crippen LogP contribution in [0, 0.1) is 6.92 Å².